The van der Waals surface area contributed by atoms with Gasteiger partial charge >= 0.3 is 5.69 Å². The molecule has 0 spiro atoms. The van der Waals surface area contributed by atoms with Crippen LogP contribution in [0.5, 0.6) is 0 Å². The maximum absolute atomic E-state index is 13.5. The smallest absolute Gasteiger partial charge is 0.330 e. The summed E-state index contributed by atoms with van der Waals surface area (Å²) in [5, 5.41) is 7.03. The van der Waals surface area contributed by atoms with E-state index in [2.05, 4.69) is 15.2 Å². The van der Waals surface area contributed by atoms with Crippen LogP contribution in [0, 0.1) is 5.92 Å². The summed E-state index contributed by atoms with van der Waals surface area (Å²) in [4.78, 5) is 42.2. The third-order valence-corrected chi connectivity index (χ3v) is 5.27. The van der Waals surface area contributed by atoms with E-state index in [1.807, 2.05) is 51.1 Å². The Kier molecular flexibility index (Phi) is 7.29. The number of carbonyl (C=O) groups excluding carboxylic acids is 1. The quantitative estimate of drug-likeness (QED) is 0.473. The molecule has 0 bridgehead atoms. The molecule has 3 aromatic rings. The Bertz CT molecular complexity index is 1180. The van der Waals surface area contributed by atoms with Gasteiger partial charge in [-0.15, -0.1) is 0 Å². The highest BCUT2D eigenvalue weighted by Crippen LogP contribution is 2.23. The number of benzene rings is 1. The summed E-state index contributed by atoms with van der Waals surface area (Å²) in [6.07, 6.45) is 2.22. The first kappa shape index (κ1) is 23.1. The monoisotopic (exact) mass is 438 g/mol. The summed E-state index contributed by atoms with van der Waals surface area (Å²) in [7, 11) is 0. The molecular weight excluding hydrogens is 408 g/mol. The first-order chi connectivity index (χ1) is 15.3. The standard InChI is InChI=1S/C23H30N6O3/c1-4-5-12-29-20(24)19(21(30)25-23(29)32)28(13-11-15(2)3)22(31)18-14-17(26-27-18)16-9-7-6-8-10-16/h6-10,14-15H,4-5,11-13,24H2,1-3H3,(H,26,27)(H,25,30,32). The fourth-order valence-corrected chi connectivity index (χ4v) is 3.41. The van der Waals surface area contributed by atoms with Crippen molar-refractivity contribution < 1.29 is 4.79 Å². The van der Waals surface area contributed by atoms with Crippen molar-refractivity contribution in [2.75, 3.05) is 17.2 Å². The van der Waals surface area contributed by atoms with Crippen molar-refractivity contribution in [1.82, 2.24) is 19.7 Å². The number of aromatic amines is 2. The average Bonchev–Trinajstić information content (AvgIpc) is 3.26. The molecule has 3 rings (SSSR count). The van der Waals surface area contributed by atoms with Crippen LogP contribution in [0.4, 0.5) is 11.5 Å². The second kappa shape index (κ2) is 10.1. The molecule has 0 saturated heterocycles. The number of aromatic nitrogens is 4. The van der Waals surface area contributed by atoms with Crippen LogP contribution in [-0.2, 0) is 6.54 Å². The summed E-state index contributed by atoms with van der Waals surface area (Å²) >= 11 is 0. The number of hydrogen-bond acceptors (Lipinski definition) is 5. The molecule has 170 valence electrons. The second-order valence-electron chi connectivity index (χ2n) is 8.17. The molecule has 9 heteroatoms. The Morgan fingerprint density at radius 2 is 1.94 bits per heavy atom. The third-order valence-electron chi connectivity index (χ3n) is 5.27. The van der Waals surface area contributed by atoms with E-state index < -0.39 is 17.2 Å². The highest BCUT2D eigenvalue weighted by Gasteiger charge is 2.26. The van der Waals surface area contributed by atoms with E-state index in [1.54, 1.807) is 6.07 Å². The summed E-state index contributed by atoms with van der Waals surface area (Å²) in [6, 6.07) is 11.1. The molecule has 0 fully saturated rings. The normalized spacial score (nSPS) is 11.1. The maximum Gasteiger partial charge on any atom is 0.330 e. The molecule has 0 aliphatic rings. The molecule has 32 heavy (non-hydrogen) atoms. The average molecular weight is 439 g/mol. The number of nitrogens with two attached hydrogens (primary N) is 1. The van der Waals surface area contributed by atoms with E-state index in [0.29, 0.717) is 24.6 Å². The largest absolute Gasteiger partial charge is 0.383 e. The van der Waals surface area contributed by atoms with Gasteiger partial charge in [-0.2, -0.15) is 5.10 Å². The molecular formula is C23H30N6O3. The number of unbranched alkanes of at least 4 members (excludes halogenated alkanes) is 1. The molecule has 9 nitrogen and oxygen atoms in total. The SMILES string of the molecule is CCCCn1c(N)c(N(CCC(C)C)C(=O)c2cc(-c3ccccc3)n[nH]2)c(=O)[nH]c1=O. The Labute approximate surface area is 186 Å². The lowest BCUT2D eigenvalue weighted by Gasteiger charge is -2.24. The van der Waals surface area contributed by atoms with Crippen LogP contribution < -0.4 is 21.9 Å². The zero-order valence-corrected chi connectivity index (χ0v) is 18.7. The van der Waals surface area contributed by atoms with E-state index >= 15 is 0 Å². The van der Waals surface area contributed by atoms with Gasteiger partial charge in [0.15, 0.2) is 5.69 Å². The van der Waals surface area contributed by atoms with Gasteiger partial charge in [0.1, 0.15) is 11.5 Å². The van der Waals surface area contributed by atoms with Crippen LogP contribution >= 0.6 is 0 Å². The van der Waals surface area contributed by atoms with Gasteiger partial charge < -0.3 is 5.73 Å². The molecule has 1 aromatic carbocycles. The summed E-state index contributed by atoms with van der Waals surface area (Å²) in [5.41, 5.74) is 6.72. The van der Waals surface area contributed by atoms with Gasteiger partial charge in [0.05, 0.1) is 5.69 Å². The molecule has 2 heterocycles. The van der Waals surface area contributed by atoms with Crippen molar-refractivity contribution >= 4 is 17.4 Å². The zero-order valence-electron chi connectivity index (χ0n) is 18.7. The van der Waals surface area contributed by atoms with Gasteiger partial charge in [0.25, 0.3) is 11.5 Å². The summed E-state index contributed by atoms with van der Waals surface area (Å²) in [6.45, 7) is 6.69. The van der Waals surface area contributed by atoms with Gasteiger partial charge in [-0.3, -0.25) is 29.1 Å². The number of anilines is 2. The van der Waals surface area contributed by atoms with Crippen LogP contribution in [-0.4, -0.2) is 32.2 Å². The number of amides is 1. The molecule has 0 saturated carbocycles. The number of hydrogen-bond donors (Lipinski definition) is 3. The summed E-state index contributed by atoms with van der Waals surface area (Å²) in [5.74, 6) is -0.149. The second-order valence-corrected chi connectivity index (χ2v) is 8.17. The van der Waals surface area contributed by atoms with E-state index in [1.165, 1.54) is 9.47 Å². The van der Waals surface area contributed by atoms with Crippen LogP contribution in [0.15, 0.2) is 46.0 Å². The number of nitrogen functional groups attached to an aromatic ring is 1. The number of nitrogens with zero attached hydrogens (tertiary/aromatic N) is 3. The molecule has 0 atom stereocenters. The van der Waals surface area contributed by atoms with Gasteiger partial charge in [0.2, 0.25) is 0 Å². The lowest BCUT2D eigenvalue weighted by atomic mass is 10.1. The lowest BCUT2D eigenvalue weighted by Crippen LogP contribution is -2.42. The highest BCUT2D eigenvalue weighted by molar-refractivity contribution is 6.06. The van der Waals surface area contributed by atoms with Crippen molar-refractivity contribution in [2.45, 2.75) is 46.6 Å². The molecule has 1 amide bonds. The van der Waals surface area contributed by atoms with Gasteiger partial charge in [-0.25, -0.2) is 4.79 Å². The Hall–Kier alpha value is -3.62. The molecule has 2 aromatic heterocycles. The van der Waals surface area contributed by atoms with Crippen molar-refractivity contribution in [3.8, 4) is 11.3 Å². The third kappa shape index (κ3) is 4.99. The van der Waals surface area contributed by atoms with Crippen LogP contribution in [0.1, 0.15) is 50.5 Å². The Balaban J connectivity index is 2.04. The highest BCUT2D eigenvalue weighted by atomic mass is 16.2. The van der Waals surface area contributed by atoms with Crippen LogP contribution in [0.25, 0.3) is 11.3 Å². The van der Waals surface area contributed by atoms with Crippen LogP contribution in [0.2, 0.25) is 0 Å². The fraction of sp³-hybridized carbons (Fsp3) is 0.391. The maximum atomic E-state index is 13.5. The van der Waals surface area contributed by atoms with E-state index in [0.717, 1.165) is 18.4 Å². The van der Waals surface area contributed by atoms with Gasteiger partial charge in [-0.05, 0) is 24.8 Å². The topological polar surface area (TPSA) is 130 Å². The molecule has 0 unspecified atom stereocenters. The summed E-state index contributed by atoms with van der Waals surface area (Å²) < 4.78 is 1.32. The van der Waals surface area contributed by atoms with Crippen molar-refractivity contribution in [3.63, 3.8) is 0 Å². The van der Waals surface area contributed by atoms with Crippen molar-refractivity contribution in [2.24, 2.45) is 5.92 Å². The lowest BCUT2D eigenvalue weighted by molar-refractivity contribution is 0.0980. The predicted molar refractivity (Wildman–Crippen MR) is 126 cm³/mol. The number of rotatable bonds is 9. The van der Waals surface area contributed by atoms with Crippen molar-refractivity contribution in [3.05, 3.63) is 62.9 Å². The van der Waals surface area contributed by atoms with E-state index in [4.69, 9.17) is 5.73 Å². The minimum Gasteiger partial charge on any atom is -0.383 e. The Morgan fingerprint density at radius 3 is 2.59 bits per heavy atom. The molecule has 0 aliphatic heterocycles. The Morgan fingerprint density at radius 1 is 1.22 bits per heavy atom. The van der Waals surface area contributed by atoms with Gasteiger partial charge in [-0.1, -0.05) is 57.5 Å². The minimum absolute atomic E-state index is 0.00731. The van der Waals surface area contributed by atoms with Gasteiger partial charge in [0, 0.05) is 18.7 Å². The van der Waals surface area contributed by atoms with E-state index in [9.17, 15) is 14.4 Å². The van der Waals surface area contributed by atoms with Crippen LogP contribution in [0.3, 0.4) is 0 Å². The number of H-pyrrole nitrogens is 2. The minimum atomic E-state index is -0.680. The zero-order chi connectivity index (χ0) is 23.3. The first-order valence-corrected chi connectivity index (χ1v) is 10.9. The number of nitrogens with one attached hydrogen (secondary N) is 2. The number of carbonyl (C=O) groups is 1. The van der Waals surface area contributed by atoms with E-state index in [-0.39, 0.29) is 23.7 Å². The fourth-order valence-electron chi connectivity index (χ4n) is 3.41. The first-order valence-electron chi connectivity index (χ1n) is 10.9. The predicted octanol–water partition coefficient (Wildman–Crippen LogP) is 3.00. The molecule has 0 radical (unpaired) electrons. The molecule has 0 aliphatic carbocycles. The molecule has 4 N–H and O–H groups in total. The van der Waals surface area contributed by atoms with Crippen molar-refractivity contribution in [1.29, 1.82) is 0 Å².